The van der Waals surface area contributed by atoms with Crippen LogP contribution in [0.15, 0.2) is 18.2 Å². The van der Waals surface area contributed by atoms with Gasteiger partial charge in [-0.15, -0.1) is 0 Å². The molecule has 1 saturated heterocycles. The van der Waals surface area contributed by atoms with Crippen LogP contribution in [0.5, 0.6) is 0 Å². The molecule has 1 aromatic carbocycles. The van der Waals surface area contributed by atoms with Crippen LogP contribution >= 0.6 is 0 Å². The van der Waals surface area contributed by atoms with Crippen molar-refractivity contribution in [3.63, 3.8) is 0 Å². The summed E-state index contributed by atoms with van der Waals surface area (Å²) in [6.45, 7) is 6.98. The monoisotopic (exact) mass is 264 g/mol. The average Bonchev–Trinajstić information content (AvgIpc) is 2.38. The summed E-state index contributed by atoms with van der Waals surface area (Å²) in [5.41, 5.74) is 2.00. The lowest BCUT2D eigenvalue weighted by Crippen LogP contribution is -2.36. The Kier molecular flexibility index (Phi) is 4.94. The van der Waals surface area contributed by atoms with Crippen molar-refractivity contribution in [3.8, 4) is 0 Å². The molecule has 0 aliphatic carbocycles. The molecule has 1 aromatic rings. The highest BCUT2D eigenvalue weighted by Gasteiger charge is 2.19. The van der Waals surface area contributed by atoms with Gasteiger partial charge in [0.05, 0.1) is 0 Å². The Bertz CT molecular complexity index is 419. The van der Waals surface area contributed by atoms with Gasteiger partial charge >= 0.3 is 0 Å². The third kappa shape index (κ3) is 4.02. The molecule has 0 bridgehead atoms. The number of benzene rings is 1. The zero-order valence-corrected chi connectivity index (χ0v) is 11.8. The van der Waals surface area contributed by atoms with Crippen molar-refractivity contribution in [3.05, 3.63) is 41.1 Å². The van der Waals surface area contributed by atoms with Crippen molar-refractivity contribution < 1.29 is 9.50 Å². The van der Waals surface area contributed by atoms with Gasteiger partial charge in [-0.25, -0.2) is 4.39 Å². The molecule has 1 atom stereocenters. The molecule has 1 unspecified atom stereocenters. The summed E-state index contributed by atoms with van der Waals surface area (Å²) >= 11 is 0. The number of aliphatic hydroxyl groups is 1. The first-order valence-electron chi connectivity index (χ1n) is 7.01. The Morgan fingerprint density at radius 1 is 1.37 bits per heavy atom. The largest absolute Gasteiger partial charge is 0.396 e. The molecule has 0 amide bonds. The maximum absolute atomic E-state index is 13.6. The number of piperidine rings is 1. The highest BCUT2D eigenvalue weighted by Crippen LogP contribution is 2.21. The van der Waals surface area contributed by atoms with Gasteiger partial charge in [-0.3, -0.25) is 4.90 Å². The van der Waals surface area contributed by atoms with Gasteiger partial charge in [0.25, 0.3) is 0 Å². The topological polar surface area (TPSA) is 23.5 Å². The summed E-state index contributed by atoms with van der Waals surface area (Å²) in [5, 5.41) is 9.25. The van der Waals surface area contributed by atoms with Crippen molar-refractivity contribution >= 4 is 0 Å². The first-order chi connectivity index (χ1) is 9.08. The fraction of sp³-hybridized carbons (Fsp3) is 0.562. The van der Waals surface area contributed by atoms with Crippen molar-refractivity contribution in [2.24, 2.45) is 5.92 Å². The Labute approximate surface area is 115 Å². The van der Waals surface area contributed by atoms with E-state index in [1.54, 1.807) is 12.1 Å². The second-order valence-electron chi connectivity index (χ2n) is 5.77. The number of hydrogen-bond acceptors (Lipinski definition) is 2. The summed E-state index contributed by atoms with van der Waals surface area (Å²) in [4.78, 5) is 2.31. The van der Waals surface area contributed by atoms with E-state index < -0.39 is 0 Å². The zero-order valence-electron chi connectivity index (χ0n) is 11.8. The smallest absolute Gasteiger partial charge is 0.123 e. The number of halogens is 1. The molecule has 19 heavy (non-hydrogen) atoms. The Balaban J connectivity index is 2.06. The standard InChI is InChI=1S/C16H23FNO/c1-12(2)15-6-14(7-16(17)8-15)10-18-5-3-4-13(9-18)11-19/h6-8,13,19H,3-5,9-11H2,1-2H3. The quantitative estimate of drug-likeness (QED) is 0.903. The predicted molar refractivity (Wildman–Crippen MR) is 75.2 cm³/mol. The minimum Gasteiger partial charge on any atom is -0.396 e. The molecule has 1 heterocycles. The van der Waals surface area contributed by atoms with Gasteiger partial charge in [-0.1, -0.05) is 19.9 Å². The molecular formula is C16H23FNO. The van der Waals surface area contributed by atoms with Crippen LogP contribution in [0.2, 0.25) is 0 Å². The van der Waals surface area contributed by atoms with Crippen LogP contribution in [-0.2, 0) is 6.54 Å². The lowest BCUT2D eigenvalue weighted by molar-refractivity contribution is 0.116. The first kappa shape index (κ1) is 14.5. The molecule has 1 aliphatic rings. The van der Waals surface area contributed by atoms with Gasteiger partial charge < -0.3 is 5.11 Å². The van der Waals surface area contributed by atoms with Gasteiger partial charge in [-0.2, -0.15) is 0 Å². The number of rotatable bonds is 4. The molecule has 2 nitrogen and oxygen atoms in total. The van der Waals surface area contributed by atoms with Crippen LogP contribution in [0.25, 0.3) is 0 Å². The van der Waals surface area contributed by atoms with Crippen molar-refractivity contribution in [2.45, 2.75) is 33.2 Å². The molecule has 0 saturated carbocycles. The van der Waals surface area contributed by atoms with Crippen molar-refractivity contribution in [1.29, 1.82) is 0 Å². The SMILES string of the molecule is C[C](C)c1cc(F)cc(CN2CCCC(CO)C2)c1. The van der Waals surface area contributed by atoms with Crippen molar-refractivity contribution in [1.82, 2.24) is 4.90 Å². The summed E-state index contributed by atoms with van der Waals surface area (Å²) in [6, 6.07) is 5.28. The maximum Gasteiger partial charge on any atom is 0.123 e. The third-order valence-corrected chi connectivity index (χ3v) is 3.80. The molecule has 3 heteroatoms. The van der Waals surface area contributed by atoms with Gasteiger partial charge in [0.1, 0.15) is 5.82 Å². The van der Waals surface area contributed by atoms with Crippen LogP contribution < -0.4 is 0 Å². The summed E-state index contributed by atoms with van der Waals surface area (Å²) in [7, 11) is 0. The van der Waals surface area contributed by atoms with E-state index in [4.69, 9.17) is 0 Å². The first-order valence-corrected chi connectivity index (χ1v) is 7.01. The number of nitrogens with zero attached hydrogens (tertiary/aromatic N) is 1. The number of aliphatic hydroxyl groups excluding tert-OH is 1. The van der Waals surface area contributed by atoms with E-state index in [0.717, 1.165) is 49.5 Å². The second kappa shape index (κ2) is 6.49. The van der Waals surface area contributed by atoms with E-state index in [9.17, 15) is 9.50 Å². The normalized spacial score (nSPS) is 21.0. The van der Waals surface area contributed by atoms with Gasteiger partial charge in [0.2, 0.25) is 0 Å². The highest BCUT2D eigenvalue weighted by molar-refractivity contribution is 5.33. The van der Waals surface area contributed by atoms with Crippen LogP contribution in [0.3, 0.4) is 0 Å². The Morgan fingerprint density at radius 3 is 2.84 bits per heavy atom. The number of hydrogen-bond donors (Lipinski definition) is 1. The maximum atomic E-state index is 13.6. The van der Waals surface area contributed by atoms with Gasteiger partial charge in [-0.05, 0) is 54.5 Å². The minimum atomic E-state index is -0.163. The second-order valence-corrected chi connectivity index (χ2v) is 5.77. The van der Waals surface area contributed by atoms with Gasteiger partial charge in [0, 0.05) is 19.7 Å². The Morgan fingerprint density at radius 2 is 2.16 bits per heavy atom. The molecule has 1 fully saturated rings. The van der Waals surface area contributed by atoms with E-state index in [1.807, 2.05) is 13.8 Å². The van der Waals surface area contributed by atoms with E-state index in [-0.39, 0.29) is 12.4 Å². The molecule has 0 aromatic heterocycles. The number of likely N-dealkylation sites (tertiary alicyclic amines) is 1. The van der Waals surface area contributed by atoms with E-state index in [2.05, 4.69) is 11.0 Å². The van der Waals surface area contributed by atoms with Crippen LogP contribution in [0.1, 0.15) is 37.8 Å². The molecular weight excluding hydrogens is 241 g/mol. The van der Waals surface area contributed by atoms with Gasteiger partial charge in [0.15, 0.2) is 0 Å². The van der Waals surface area contributed by atoms with E-state index in [0.29, 0.717) is 5.92 Å². The average molecular weight is 264 g/mol. The summed E-state index contributed by atoms with van der Waals surface area (Å²) in [5.74, 6) is 1.35. The highest BCUT2D eigenvalue weighted by atomic mass is 19.1. The lowest BCUT2D eigenvalue weighted by atomic mass is 9.97. The van der Waals surface area contributed by atoms with E-state index >= 15 is 0 Å². The van der Waals surface area contributed by atoms with Crippen molar-refractivity contribution in [2.75, 3.05) is 19.7 Å². The predicted octanol–water partition coefficient (Wildman–Crippen LogP) is 2.99. The molecule has 2 rings (SSSR count). The van der Waals surface area contributed by atoms with E-state index in [1.165, 1.54) is 0 Å². The van der Waals surface area contributed by atoms with Crippen LogP contribution in [0.4, 0.5) is 4.39 Å². The van der Waals surface area contributed by atoms with Crippen LogP contribution in [0, 0.1) is 17.7 Å². The minimum absolute atomic E-state index is 0.163. The third-order valence-electron chi connectivity index (χ3n) is 3.80. The Hall–Kier alpha value is -0.930. The molecule has 1 N–H and O–H groups in total. The molecule has 0 spiro atoms. The summed E-state index contributed by atoms with van der Waals surface area (Å²) < 4.78 is 13.6. The zero-order chi connectivity index (χ0) is 13.8. The summed E-state index contributed by atoms with van der Waals surface area (Å²) in [6.07, 6.45) is 2.22. The molecule has 1 aliphatic heterocycles. The fourth-order valence-electron chi connectivity index (χ4n) is 2.73. The fourth-order valence-corrected chi connectivity index (χ4v) is 2.73. The molecule has 1 radical (unpaired) electrons. The van der Waals surface area contributed by atoms with Crippen LogP contribution in [-0.4, -0.2) is 29.7 Å². The molecule has 105 valence electrons. The lowest BCUT2D eigenvalue weighted by Gasteiger charge is -2.31.